The molecule has 0 atom stereocenters. The number of carbonyl (C=O) groups is 1. The second kappa shape index (κ2) is 8.44. The molecule has 2 amide bonds. The van der Waals surface area contributed by atoms with Crippen molar-refractivity contribution >= 4 is 23.3 Å². The summed E-state index contributed by atoms with van der Waals surface area (Å²) in [6.45, 7) is 5.14. The van der Waals surface area contributed by atoms with Crippen LogP contribution < -0.4 is 15.4 Å². The zero-order valence-corrected chi connectivity index (χ0v) is 14.1. The Balaban J connectivity index is 1.68. The number of carbonyl (C=O) groups excluding carboxylic acids is 1. The van der Waals surface area contributed by atoms with Crippen molar-refractivity contribution in [2.45, 2.75) is 19.8 Å². The third-order valence-corrected chi connectivity index (χ3v) is 3.56. The summed E-state index contributed by atoms with van der Waals surface area (Å²) in [6, 6.07) is 14.7. The largest absolute Gasteiger partial charge is 0.492 e. The van der Waals surface area contributed by atoms with E-state index in [0.717, 1.165) is 5.75 Å². The van der Waals surface area contributed by atoms with E-state index in [1.807, 2.05) is 12.1 Å². The Kier molecular flexibility index (Phi) is 6.29. The third-order valence-electron chi connectivity index (χ3n) is 3.31. The molecule has 23 heavy (non-hydrogen) atoms. The fraction of sp³-hybridized carbons (Fsp3) is 0.278. The van der Waals surface area contributed by atoms with E-state index in [1.54, 1.807) is 24.3 Å². The third kappa shape index (κ3) is 5.83. The summed E-state index contributed by atoms with van der Waals surface area (Å²) in [4.78, 5) is 11.7. The summed E-state index contributed by atoms with van der Waals surface area (Å²) >= 11 is 5.79. The number of hydrogen-bond acceptors (Lipinski definition) is 2. The number of amides is 2. The van der Waals surface area contributed by atoms with Crippen molar-refractivity contribution < 1.29 is 9.53 Å². The van der Waals surface area contributed by atoms with Crippen LogP contribution in [0, 0.1) is 0 Å². The van der Waals surface area contributed by atoms with Crippen molar-refractivity contribution in [3.05, 3.63) is 59.1 Å². The molecule has 0 saturated heterocycles. The molecule has 0 aliphatic carbocycles. The molecule has 2 rings (SSSR count). The van der Waals surface area contributed by atoms with Gasteiger partial charge in [-0.2, -0.15) is 0 Å². The molecule has 2 N–H and O–H groups in total. The summed E-state index contributed by atoms with van der Waals surface area (Å²) in [5, 5.41) is 6.09. The van der Waals surface area contributed by atoms with Gasteiger partial charge in [0.05, 0.1) is 6.54 Å². The smallest absolute Gasteiger partial charge is 0.319 e. The predicted octanol–water partition coefficient (Wildman–Crippen LogP) is 4.66. The number of anilines is 1. The number of ether oxygens (including phenoxy) is 1. The minimum atomic E-state index is -0.272. The monoisotopic (exact) mass is 332 g/mol. The first kappa shape index (κ1) is 17.2. The van der Waals surface area contributed by atoms with Gasteiger partial charge in [0, 0.05) is 10.7 Å². The van der Waals surface area contributed by atoms with Gasteiger partial charge >= 0.3 is 6.03 Å². The SMILES string of the molecule is CC(C)c1ccc(OCCNC(=O)Nc2ccc(Cl)cc2)cc1. The first-order chi connectivity index (χ1) is 11.0. The predicted molar refractivity (Wildman–Crippen MR) is 94.5 cm³/mol. The Labute approximate surface area is 141 Å². The normalized spacial score (nSPS) is 10.4. The minimum Gasteiger partial charge on any atom is -0.492 e. The highest BCUT2D eigenvalue weighted by Crippen LogP contribution is 2.18. The van der Waals surface area contributed by atoms with Crippen molar-refractivity contribution in [3.8, 4) is 5.75 Å². The fourth-order valence-corrected chi connectivity index (χ4v) is 2.12. The molecule has 0 fully saturated rings. The summed E-state index contributed by atoms with van der Waals surface area (Å²) in [6.07, 6.45) is 0. The highest BCUT2D eigenvalue weighted by molar-refractivity contribution is 6.30. The maximum absolute atomic E-state index is 11.7. The van der Waals surface area contributed by atoms with Gasteiger partial charge in [0.25, 0.3) is 0 Å². The quantitative estimate of drug-likeness (QED) is 0.755. The molecule has 0 aliphatic rings. The standard InChI is InChI=1S/C18H21ClN2O2/c1-13(2)14-3-9-17(10-4-14)23-12-11-20-18(22)21-16-7-5-15(19)6-8-16/h3-10,13H,11-12H2,1-2H3,(H2,20,21,22). The van der Waals surface area contributed by atoms with Gasteiger partial charge < -0.3 is 15.4 Å². The molecule has 0 radical (unpaired) electrons. The number of hydrogen-bond donors (Lipinski definition) is 2. The Morgan fingerprint density at radius 3 is 2.35 bits per heavy atom. The number of nitrogens with one attached hydrogen (secondary N) is 2. The number of benzene rings is 2. The van der Waals surface area contributed by atoms with E-state index in [-0.39, 0.29) is 6.03 Å². The van der Waals surface area contributed by atoms with Crippen LogP contribution in [-0.2, 0) is 0 Å². The molecular weight excluding hydrogens is 312 g/mol. The summed E-state index contributed by atoms with van der Waals surface area (Å²) in [5.41, 5.74) is 1.97. The molecule has 0 aromatic heterocycles. The maximum Gasteiger partial charge on any atom is 0.319 e. The van der Waals surface area contributed by atoms with Crippen LogP contribution in [0.5, 0.6) is 5.75 Å². The van der Waals surface area contributed by atoms with Gasteiger partial charge in [-0.05, 0) is 47.9 Å². The molecule has 4 nitrogen and oxygen atoms in total. The molecule has 0 unspecified atom stereocenters. The lowest BCUT2D eigenvalue weighted by molar-refractivity contribution is 0.247. The molecule has 0 spiro atoms. The second-order valence-corrected chi connectivity index (χ2v) is 5.90. The molecule has 122 valence electrons. The van der Waals surface area contributed by atoms with E-state index >= 15 is 0 Å². The van der Waals surface area contributed by atoms with Crippen molar-refractivity contribution in [2.75, 3.05) is 18.5 Å². The molecule has 2 aromatic rings. The zero-order chi connectivity index (χ0) is 16.7. The van der Waals surface area contributed by atoms with Gasteiger partial charge in [0.2, 0.25) is 0 Å². The molecule has 2 aromatic carbocycles. The topological polar surface area (TPSA) is 50.4 Å². The minimum absolute atomic E-state index is 0.272. The lowest BCUT2D eigenvalue weighted by Gasteiger charge is -2.10. The maximum atomic E-state index is 11.7. The van der Waals surface area contributed by atoms with Crippen LogP contribution in [0.15, 0.2) is 48.5 Å². The van der Waals surface area contributed by atoms with Gasteiger partial charge in [-0.1, -0.05) is 37.6 Å². The van der Waals surface area contributed by atoms with E-state index in [4.69, 9.17) is 16.3 Å². The van der Waals surface area contributed by atoms with Gasteiger partial charge in [0.1, 0.15) is 12.4 Å². The molecule has 0 saturated carbocycles. The van der Waals surface area contributed by atoms with Crippen LogP contribution in [0.4, 0.5) is 10.5 Å². The van der Waals surface area contributed by atoms with Crippen molar-refractivity contribution in [1.29, 1.82) is 0 Å². The number of halogens is 1. The van der Waals surface area contributed by atoms with Gasteiger partial charge in [-0.25, -0.2) is 4.79 Å². The lowest BCUT2D eigenvalue weighted by Crippen LogP contribution is -2.32. The highest BCUT2D eigenvalue weighted by atomic mass is 35.5. The lowest BCUT2D eigenvalue weighted by atomic mass is 10.0. The Morgan fingerprint density at radius 2 is 1.74 bits per heavy atom. The van der Waals surface area contributed by atoms with Crippen LogP contribution in [0.3, 0.4) is 0 Å². The van der Waals surface area contributed by atoms with Gasteiger partial charge in [-0.15, -0.1) is 0 Å². The molecule has 0 bridgehead atoms. The Bertz CT molecular complexity index is 624. The van der Waals surface area contributed by atoms with E-state index in [1.165, 1.54) is 5.56 Å². The van der Waals surface area contributed by atoms with Crippen LogP contribution in [0.25, 0.3) is 0 Å². The second-order valence-electron chi connectivity index (χ2n) is 5.46. The average Bonchev–Trinajstić information content (AvgIpc) is 2.54. The van der Waals surface area contributed by atoms with E-state index < -0.39 is 0 Å². The van der Waals surface area contributed by atoms with Crippen molar-refractivity contribution in [2.24, 2.45) is 0 Å². The number of urea groups is 1. The van der Waals surface area contributed by atoms with Gasteiger partial charge in [-0.3, -0.25) is 0 Å². The van der Waals surface area contributed by atoms with Crippen molar-refractivity contribution in [3.63, 3.8) is 0 Å². The Morgan fingerprint density at radius 1 is 1.09 bits per heavy atom. The first-order valence-electron chi connectivity index (χ1n) is 7.58. The van der Waals surface area contributed by atoms with E-state index in [9.17, 15) is 4.79 Å². The summed E-state index contributed by atoms with van der Waals surface area (Å²) < 4.78 is 5.60. The van der Waals surface area contributed by atoms with Gasteiger partial charge in [0.15, 0.2) is 0 Å². The molecule has 0 heterocycles. The number of rotatable bonds is 6. The highest BCUT2D eigenvalue weighted by Gasteiger charge is 2.02. The van der Waals surface area contributed by atoms with Crippen molar-refractivity contribution in [1.82, 2.24) is 5.32 Å². The fourth-order valence-electron chi connectivity index (χ4n) is 1.99. The molecule has 0 aliphatic heterocycles. The Hall–Kier alpha value is -2.20. The first-order valence-corrected chi connectivity index (χ1v) is 7.95. The van der Waals surface area contributed by atoms with Crippen LogP contribution in [0.1, 0.15) is 25.3 Å². The van der Waals surface area contributed by atoms with Crippen LogP contribution in [0.2, 0.25) is 5.02 Å². The molecular formula is C18H21ClN2O2. The average molecular weight is 333 g/mol. The summed E-state index contributed by atoms with van der Waals surface area (Å²) in [7, 11) is 0. The van der Waals surface area contributed by atoms with Crippen LogP contribution >= 0.6 is 11.6 Å². The summed E-state index contributed by atoms with van der Waals surface area (Å²) in [5.74, 6) is 1.30. The van der Waals surface area contributed by atoms with Crippen LogP contribution in [-0.4, -0.2) is 19.2 Å². The van der Waals surface area contributed by atoms with E-state index in [2.05, 4.69) is 36.6 Å². The zero-order valence-electron chi connectivity index (χ0n) is 13.3. The van der Waals surface area contributed by atoms with E-state index in [0.29, 0.717) is 29.8 Å². The molecule has 5 heteroatoms.